The van der Waals surface area contributed by atoms with Crippen LogP contribution < -0.4 is 11.1 Å². The van der Waals surface area contributed by atoms with Gasteiger partial charge in [0.15, 0.2) is 5.15 Å². The van der Waals surface area contributed by atoms with Gasteiger partial charge in [-0.3, -0.25) is 9.59 Å². The van der Waals surface area contributed by atoms with Crippen LogP contribution in [0.3, 0.4) is 0 Å². The molecule has 0 aromatic carbocycles. The molecule has 1 aromatic heterocycles. The van der Waals surface area contributed by atoms with E-state index in [2.05, 4.69) is 26.2 Å². The van der Waals surface area contributed by atoms with E-state index in [1.165, 1.54) is 6.20 Å². The summed E-state index contributed by atoms with van der Waals surface area (Å²) in [6.07, 6.45) is 1.38. The number of carboxylic acids is 1. The van der Waals surface area contributed by atoms with Crippen LogP contribution in [0.15, 0.2) is 16.7 Å². The standard InChI is InChI=1S/C10H11BrClN3O3/c11-5-3-7(9(12)14-4-5)15-10(18)6(13)1-2-8(16)17/h3-4,6H,1-2,13H2,(H,15,18)(H,16,17). The summed E-state index contributed by atoms with van der Waals surface area (Å²) >= 11 is 8.98. The average Bonchev–Trinajstić information content (AvgIpc) is 2.30. The molecule has 0 aliphatic rings. The molecule has 1 heterocycles. The van der Waals surface area contributed by atoms with Gasteiger partial charge in [-0.1, -0.05) is 11.6 Å². The number of amides is 1. The van der Waals surface area contributed by atoms with Crippen molar-refractivity contribution in [3.8, 4) is 0 Å². The summed E-state index contributed by atoms with van der Waals surface area (Å²) in [5, 5.41) is 11.1. The molecule has 1 atom stereocenters. The predicted octanol–water partition coefficient (Wildman–Crippen LogP) is 1.63. The number of nitrogens with zero attached hydrogens (tertiary/aromatic N) is 1. The molecule has 6 nitrogen and oxygen atoms in total. The lowest BCUT2D eigenvalue weighted by Gasteiger charge is -2.12. The Morgan fingerprint density at radius 3 is 2.89 bits per heavy atom. The number of carbonyl (C=O) groups excluding carboxylic acids is 1. The molecular formula is C10H11BrClN3O3. The lowest BCUT2D eigenvalue weighted by molar-refractivity contribution is -0.137. The highest BCUT2D eigenvalue weighted by molar-refractivity contribution is 9.10. The van der Waals surface area contributed by atoms with Crippen LogP contribution in [0.2, 0.25) is 5.15 Å². The summed E-state index contributed by atoms with van der Waals surface area (Å²) in [6, 6.07) is 0.674. The van der Waals surface area contributed by atoms with Crippen molar-refractivity contribution in [2.75, 3.05) is 5.32 Å². The number of nitrogens with one attached hydrogen (secondary N) is 1. The van der Waals surface area contributed by atoms with Gasteiger partial charge >= 0.3 is 5.97 Å². The maximum Gasteiger partial charge on any atom is 0.303 e. The molecule has 0 saturated heterocycles. The first-order valence-corrected chi connectivity index (χ1v) is 6.16. The maximum absolute atomic E-state index is 11.7. The quantitative estimate of drug-likeness (QED) is 0.709. The second-order valence-electron chi connectivity index (χ2n) is 3.52. The molecule has 1 aromatic rings. The van der Waals surface area contributed by atoms with E-state index in [0.717, 1.165) is 0 Å². The second kappa shape index (κ2) is 6.67. The molecular weight excluding hydrogens is 325 g/mol. The van der Waals surface area contributed by atoms with Crippen molar-refractivity contribution in [3.63, 3.8) is 0 Å². The summed E-state index contributed by atoms with van der Waals surface area (Å²) in [5.74, 6) is -1.50. The van der Waals surface area contributed by atoms with Gasteiger partial charge < -0.3 is 16.2 Å². The van der Waals surface area contributed by atoms with Gasteiger partial charge in [0.2, 0.25) is 5.91 Å². The summed E-state index contributed by atoms with van der Waals surface area (Å²) in [5.41, 5.74) is 5.87. The largest absolute Gasteiger partial charge is 0.481 e. The third-order valence-electron chi connectivity index (χ3n) is 2.07. The van der Waals surface area contributed by atoms with Crippen molar-refractivity contribution >= 4 is 45.1 Å². The number of aliphatic carboxylic acids is 1. The predicted molar refractivity (Wildman–Crippen MR) is 70.4 cm³/mol. The molecule has 4 N–H and O–H groups in total. The molecule has 98 valence electrons. The van der Waals surface area contributed by atoms with E-state index >= 15 is 0 Å². The van der Waals surface area contributed by atoms with E-state index in [1.807, 2.05) is 0 Å². The zero-order valence-electron chi connectivity index (χ0n) is 9.19. The minimum atomic E-state index is -1.000. The van der Waals surface area contributed by atoms with Crippen LogP contribution in [0, 0.1) is 0 Å². The molecule has 0 radical (unpaired) electrons. The second-order valence-corrected chi connectivity index (χ2v) is 4.79. The Morgan fingerprint density at radius 2 is 2.28 bits per heavy atom. The molecule has 1 unspecified atom stereocenters. The summed E-state index contributed by atoms with van der Waals surface area (Å²) in [4.78, 5) is 25.9. The van der Waals surface area contributed by atoms with Gasteiger partial charge in [-0.15, -0.1) is 0 Å². The zero-order chi connectivity index (χ0) is 13.7. The molecule has 18 heavy (non-hydrogen) atoms. The molecule has 8 heteroatoms. The van der Waals surface area contributed by atoms with Gasteiger partial charge in [-0.05, 0) is 28.4 Å². The first kappa shape index (κ1) is 14.9. The Morgan fingerprint density at radius 1 is 1.61 bits per heavy atom. The lowest BCUT2D eigenvalue weighted by Crippen LogP contribution is -2.36. The number of carbonyl (C=O) groups is 2. The summed E-state index contributed by atoms with van der Waals surface area (Å²) in [6.45, 7) is 0. The van der Waals surface area contributed by atoms with Gasteiger partial charge in [-0.2, -0.15) is 0 Å². The van der Waals surface area contributed by atoms with Crippen molar-refractivity contribution < 1.29 is 14.7 Å². The smallest absolute Gasteiger partial charge is 0.303 e. The van der Waals surface area contributed by atoms with E-state index in [1.54, 1.807) is 6.07 Å². The Kier molecular flexibility index (Phi) is 5.52. The van der Waals surface area contributed by atoms with E-state index in [0.29, 0.717) is 10.2 Å². The number of hydrogen-bond acceptors (Lipinski definition) is 4. The fourth-order valence-electron chi connectivity index (χ4n) is 1.15. The highest BCUT2D eigenvalue weighted by atomic mass is 79.9. The molecule has 1 amide bonds. The number of halogens is 2. The number of hydrogen-bond donors (Lipinski definition) is 3. The number of pyridine rings is 1. The van der Waals surface area contributed by atoms with Crippen LogP contribution in [0.4, 0.5) is 5.69 Å². The van der Waals surface area contributed by atoms with Crippen LogP contribution in [0.25, 0.3) is 0 Å². The zero-order valence-corrected chi connectivity index (χ0v) is 11.5. The fourth-order valence-corrected chi connectivity index (χ4v) is 1.63. The number of nitrogens with two attached hydrogens (primary N) is 1. The molecule has 0 spiro atoms. The van der Waals surface area contributed by atoms with Crippen LogP contribution in [-0.2, 0) is 9.59 Å². The Bertz CT molecular complexity index is 470. The third kappa shape index (κ3) is 4.59. The van der Waals surface area contributed by atoms with Crippen molar-refractivity contribution in [1.29, 1.82) is 0 Å². The SMILES string of the molecule is NC(CCC(=O)O)C(=O)Nc1cc(Br)cnc1Cl. The minimum Gasteiger partial charge on any atom is -0.481 e. The van der Waals surface area contributed by atoms with Crippen molar-refractivity contribution in [1.82, 2.24) is 4.98 Å². The molecule has 0 fully saturated rings. The van der Waals surface area contributed by atoms with Crippen LogP contribution in [-0.4, -0.2) is 28.0 Å². The normalized spacial score (nSPS) is 11.9. The van der Waals surface area contributed by atoms with E-state index in [-0.39, 0.29) is 18.0 Å². The molecule has 0 aliphatic carbocycles. The first-order chi connectivity index (χ1) is 8.40. The van der Waals surface area contributed by atoms with Crippen molar-refractivity contribution in [3.05, 3.63) is 21.9 Å². The van der Waals surface area contributed by atoms with Crippen LogP contribution in [0.1, 0.15) is 12.8 Å². The summed E-state index contributed by atoms with van der Waals surface area (Å²) in [7, 11) is 0. The average molecular weight is 337 g/mol. The number of rotatable bonds is 5. The van der Waals surface area contributed by atoms with Gasteiger partial charge in [0, 0.05) is 17.1 Å². The Balaban J connectivity index is 2.63. The molecule has 0 bridgehead atoms. The topological polar surface area (TPSA) is 105 Å². The molecule has 0 saturated carbocycles. The number of anilines is 1. The van der Waals surface area contributed by atoms with E-state index in [4.69, 9.17) is 22.4 Å². The van der Waals surface area contributed by atoms with Gasteiger partial charge in [-0.25, -0.2) is 4.98 Å². The van der Waals surface area contributed by atoms with Crippen LogP contribution in [0.5, 0.6) is 0 Å². The van der Waals surface area contributed by atoms with Crippen molar-refractivity contribution in [2.45, 2.75) is 18.9 Å². The maximum atomic E-state index is 11.7. The van der Waals surface area contributed by atoms with E-state index in [9.17, 15) is 9.59 Å². The van der Waals surface area contributed by atoms with Gasteiger partial charge in [0.1, 0.15) is 0 Å². The minimum absolute atomic E-state index is 0.0558. The van der Waals surface area contributed by atoms with Gasteiger partial charge in [0.05, 0.1) is 11.7 Å². The van der Waals surface area contributed by atoms with Crippen LogP contribution >= 0.6 is 27.5 Å². The first-order valence-electron chi connectivity index (χ1n) is 4.99. The molecule has 0 aliphatic heterocycles. The molecule has 1 rings (SSSR count). The Hall–Kier alpha value is -1.18. The third-order valence-corrected chi connectivity index (χ3v) is 2.80. The lowest BCUT2D eigenvalue weighted by atomic mass is 10.1. The summed E-state index contributed by atoms with van der Waals surface area (Å²) < 4.78 is 0.654. The van der Waals surface area contributed by atoms with Crippen molar-refractivity contribution in [2.24, 2.45) is 5.73 Å². The number of carboxylic acid groups (broad SMARTS) is 1. The van der Waals surface area contributed by atoms with E-state index < -0.39 is 17.9 Å². The highest BCUT2D eigenvalue weighted by Gasteiger charge is 2.16. The Labute approximate surface area is 117 Å². The number of aromatic nitrogens is 1. The highest BCUT2D eigenvalue weighted by Crippen LogP contribution is 2.23. The fraction of sp³-hybridized carbons (Fsp3) is 0.300. The monoisotopic (exact) mass is 335 g/mol. The van der Waals surface area contributed by atoms with Gasteiger partial charge in [0.25, 0.3) is 0 Å².